The summed E-state index contributed by atoms with van der Waals surface area (Å²) in [6, 6.07) is 5.44. The average Bonchev–Trinajstić information content (AvgIpc) is 2.99. The Labute approximate surface area is 179 Å². The third-order valence-electron chi connectivity index (χ3n) is 4.51. The average molecular weight is 487 g/mol. The molecule has 0 radical (unpaired) electrons. The molecule has 1 saturated heterocycles. The van der Waals surface area contributed by atoms with Crippen LogP contribution < -0.4 is 4.74 Å². The number of hydrogen-bond donors (Lipinski definition) is 2. The molecule has 1 aromatic carbocycles. The Morgan fingerprint density at radius 1 is 1.27 bits per heavy atom. The molecule has 0 amide bonds. The first-order valence-electron chi connectivity index (χ1n) is 8.35. The highest BCUT2D eigenvalue weighted by atomic mass is 35.5. The van der Waals surface area contributed by atoms with E-state index in [1.54, 1.807) is 0 Å². The van der Waals surface area contributed by atoms with Gasteiger partial charge in [-0.25, -0.2) is 13.4 Å². The third-order valence-corrected chi connectivity index (χ3v) is 7.04. The van der Waals surface area contributed by atoms with E-state index in [1.165, 1.54) is 18.2 Å². The number of ether oxygens (including phenoxy) is 1. The fraction of sp³-hybridized carbons (Fsp3) is 0.353. The van der Waals surface area contributed by atoms with Gasteiger partial charge in [-0.15, -0.1) is 0 Å². The second-order valence-corrected chi connectivity index (χ2v) is 9.37. The molecule has 164 valence electrons. The Morgan fingerprint density at radius 2 is 1.97 bits per heavy atom. The molecule has 0 saturated carbocycles. The summed E-state index contributed by atoms with van der Waals surface area (Å²) in [5.74, 6) is -0.136. The molecule has 3 rings (SSSR count). The van der Waals surface area contributed by atoms with Gasteiger partial charge in [0.05, 0.1) is 24.4 Å². The summed E-state index contributed by atoms with van der Waals surface area (Å²) in [5, 5.41) is 20.4. The lowest BCUT2D eigenvalue weighted by atomic mass is 10.0. The first-order valence-corrected chi connectivity index (χ1v) is 10.5. The molecular formula is C17H15Cl2F3N2O5S. The number of alkyl halides is 3. The number of rotatable bonds is 5. The van der Waals surface area contributed by atoms with Crippen LogP contribution in [0.4, 0.5) is 13.2 Å². The summed E-state index contributed by atoms with van der Waals surface area (Å²) < 4.78 is 70.1. The maximum atomic E-state index is 12.9. The molecule has 7 nitrogen and oxygen atoms in total. The Hall–Kier alpha value is -1.63. The molecule has 1 aromatic heterocycles. The molecule has 0 bridgehead atoms. The smallest absolute Gasteiger partial charge is 0.433 e. The van der Waals surface area contributed by atoms with Gasteiger partial charge in [-0.3, -0.25) is 0 Å². The minimum atomic E-state index is -4.64. The number of β-amino-alcohol motifs (C(OH)–C–C–N with tert-alkyl or cyclic N) is 1. The maximum absolute atomic E-state index is 12.9. The molecule has 0 aliphatic carbocycles. The van der Waals surface area contributed by atoms with Crippen molar-refractivity contribution in [1.82, 2.24) is 9.29 Å². The predicted molar refractivity (Wildman–Crippen MR) is 101 cm³/mol. The van der Waals surface area contributed by atoms with Crippen molar-refractivity contribution < 1.29 is 36.5 Å². The maximum Gasteiger partial charge on any atom is 0.433 e. The van der Waals surface area contributed by atoms with Crippen LogP contribution in [0.2, 0.25) is 10.0 Å². The second-order valence-electron chi connectivity index (χ2n) is 6.62. The minimum Gasteiger partial charge on any atom is -0.484 e. The molecule has 1 aliphatic heterocycles. The van der Waals surface area contributed by atoms with Crippen molar-refractivity contribution >= 4 is 33.2 Å². The van der Waals surface area contributed by atoms with Crippen molar-refractivity contribution in [1.29, 1.82) is 0 Å². The molecule has 2 atom stereocenters. The summed E-state index contributed by atoms with van der Waals surface area (Å²) in [5.41, 5.74) is -3.14. The van der Waals surface area contributed by atoms with Crippen LogP contribution in [0.25, 0.3) is 0 Å². The number of pyridine rings is 1. The van der Waals surface area contributed by atoms with E-state index in [9.17, 15) is 31.8 Å². The van der Waals surface area contributed by atoms with Crippen LogP contribution in [0.15, 0.2) is 41.4 Å². The van der Waals surface area contributed by atoms with Crippen LogP contribution in [-0.4, -0.2) is 59.3 Å². The molecule has 13 heteroatoms. The van der Waals surface area contributed by atoms with E-state index >= 15 is 0 Å². The van der Waals surface area contributed by atoms with E-state index in [4.69, 9.17) is 27.9 Å². The van der Waals surface area contributed by atoms with Crippen molar-refractivity contribution in [2.24, 2.45) is 0 Å². The van der Waals surface area contributed by atoms with Crippen molar-refractivity contribution in [2.75, 3.05) is 19.7 Å². The van der Waals surface area contributed by atoms with Gasteiger partial charge >= 0.3 is 6.18 Å². The van der Waals surface area contributed by atoms with Gasteiger partial charge in [0.1, 0.15) is 28.0 Å². The number of aliphatic hydroxyl groups is 2. The molecule has 2 aromatic rings. The van der Waals surface area contributed by atoms with E-state index in [2.05, 4.69) is 4.98 Å². The van der Waals surface area contributed by atoms with Gasteiger partial charge in [0, 0.05) is 11.6 Å². The molecule has 0 unspecified atom stereocenters. The molecular weight excluding hydrogens is 472 g/mol. The van der Waals surface area contributed by atoms with Gasteiger partial charge < -0.3 is 14.9 Å². The van der Waals surface area contributed by atoms with Gasteiger partial charge in [-0.2, -0.15) is 17.5 Å². The zero-order valence-corrected chi connectivity index (χ0v) is 17.3. The van der Waals surface area contributed by atoms with Gasteiger partial charge in [0.25, 0.3) is 0 Å². The van der Waals surface area contributed by atoms with Crippen LogP contribution in [0.3, 0.4) is 0 Å². The van der Waals surface area contributed by atoms with Gasteiger partial charge in [0.2, 0.25) is 10.0 Å². The van der Waals surface area contributed by atoms with Gasteiger partial charge in [-0.1, -0.05) is 23.2 Å². The van der Waals surface area contributed by atoms with E-state index in [-0.39, 0.29) is 27.2 Å². The highest BCUT2D eigenvalue weighted by molar-refractivity contribution is 7.89. The van der Waals surface area contributed by atoms with Crippen LogP contribution in [-0.2, 0) is 16.2 Å². The largest absolute Gasteiger partial charge is 0.484 e. The summed E-state index contributed by atoms with van der Waals surface area (Å²) in [4.78, 5) is 2.99. The fourth-order valence-corrected chi connectivity index (χ4v) is 5.16. The van der Waals surface area contributed by atoms with Crippen LogP contribution in [0.1, 0.15) is 5.69 Å². The fourth-order valence-electron chi connectivity index (χ4n) is 2.91. The molecule has 0 spiro atoms. The normalized spacial score (nSPS) is 23.0. The van der Waals surface area contributed by atoms with Gasteiger partial charge in [-0.05, 0) is 30.3 Å². The van der Waals surface area contributed by atoms with Crippen molar-refractivity contribution in [3.8, 4) is 5.75 Å². The summed E-state index contributed by atoms with van der Waals surface area (Å²) >= 11 is 11.8. The number of hydrogen-bond acceptors (Lipinski definition) is 6. The minimum absolute atomic E-state index is 0.133. The predicted octanol–water partition coefficient (Wildman–Crippen LogP) is 2.58. The van der Waals surface area contributed by atoms with Crippen LogP contribution >= 0.6 is 23.2 Å². The van der Waals surface area contributed by atoms with Crippen molar-refractivity contribution in [2.45, 2.75) is 22.8 Å². The summed E-state index contributed by atoms with van der Waals surface area (Å²) in [6.45, 7) is -1.77. The lowest BCUT2D eigenvalue weighted by Gasteiger charge is -2.27. The Kier molecular flexibility index (Phi) is 6.25. The third kappa shape index (κ3) is 4.51. The second kappa shape index (κ2) is 8.13. The Bertz CT molecular complexity index is 1040. The first kappa shape index (κ1) is 23.0. The molecule has 30 heavy (non-hydrogen) atoms. The van der Waals surface area contributed by atoms with E-state index in [0.29, 0.717) is 6.07 Å². The van der Waals surface area contributed by atoms with Crippen LogP contribution in [0, 0.1) is 0 Å². The highest BCUT2D eigenvalue weighted by Gasteiger charge is 2.51. The summed E-state index contributed by atoms with van der Waals surface area (Å²) in [7, 11) is -4.19. The molecule has 2 N–H and O–H groups in total. The summed E-state index contributed by atoms with van der Waals surface area (Å²) in [6.07, 6.45) is -5.12. The molecule has 2 heterocycles. The van der Waals surface area contributed by atoms with Crippen molar-refractivity contribution in [3.63, 3.8) is 0 Å². The number of benzene rings is 1. The topological polar surface area (TPSA) is 100.0 Å². The SMILES string of the molecule is O=S(=O)(c1ccc(Cl)cc1Cl)N1C[C@H](Oc2ccc(C(F)(F)F)nc2)[C@](O)(CO)C1. The Balaban J connectivity index is 1.85. The number of sulfonamides is 1. The van der Waals surface area contributed by atoms with Crippen LogP contribution in [0.5, 0.6) is 5.75 Å². The zero-order chi connectivity index (χ0) is 22.3. The van der Waals surface area contributed by atoms with E-state index < -0.39 is 46.8 Å². The molecule has 1 aliphatic rings. The standard InChI is InChI=1S/C17H15Cl2F3N2O5S/c18-10-1-3-13(12(19)5-10)30(27,28)24-7-15(16(26,8-24)9-25)29-11-2-4-14(23-6-11)17(20,21)22/h1-6,15,25-26H,7-9H2/t15-,16+/m0/s1. The number of aromatic nitrogens is 1. The Morgan fingerprint density at radius 3 is 2.50 bits per heavy atom. The lowest BCUT2D eigenvalue weighted by molar-refractivity contribution is -0.141. The lowest BCUT2D eigenvalue weighted by Crippen LogP contribution is -2.48. The first-order chi connectivity index (χ1) is 13.9. The number of halogens is 5. The van der Waals surface area contributed by atoms with E-state index in [1.807, 2.05) is 0 Å². The van der Waals surface area contributed by atoms with E-state index in [0.717, 1.165) is 16.6 Å². The quantitative estimate of drug-likeness (QED) is 0.673. The van der Waals surface area contributed by atoms with Crippen molar-refractivity contribution in [3.05, 3.63) is 52.3 Å². The monoisotopic (exact) mass is 486 g/mol. The highest BCUT2D eigenvalue weighted by Crippen LogP contribution is 2.34. The molecule has 1 fully saturated rings. The zero-order valence-electron chi connectivity index (χ0n) is 15.0. The number of nitrogens with zero attached hydrogens (tertiary/aromatic N) is 2. The van der Waals surface area contributed by atoms with Gasteiger partial charge in [0.15, 0.2) is 0 Å². The number of aliphatic hydroxyl groups excluding tert-OH is 1.